The molecular weight excluding hydrogens is 374 g/mol. The summed E-state index contributed by atoms with van der Waals surface area (Å²) in [5, 5.41) is 8.87. The van der Waals surface area contributed by atoms with Gasteiger partial charge in [-0.15, -0.1) is 0 Å². The fourth-order valence-corrected chi connectivity index (χ4v) is 4.11. The standard InChI is InChI=1S/C10H13Br2NO3S/c1-6-3-9(12)10(4-8(6)11)17(15,16)13-7(2)5-14/h3-4,7,13-14H,5H2,1-2H3/t7-/m0/s1. The Labute approximate surface area is 118 Å². The summed E-state index contributed by atoms with van der Waals surface area (Å²) in [5.41, 5.74) is 0.936. The third kappa shape index (κ3) is 3.75. The van der Waals surface area contributed by atoms with Crippen LogP contribution in [0.25, 0.3) is 0 Å². The number of hydrogen-bond donors (Lipinski definition) is 2. The lowest BCUT2D eigenvalue weighted by atomic mass is 10.2. The van der Waals surface area contributed by atoms with Gasteiger partial charge in [-0.25, -0.2) is 13.1 Å². The smallest absolute Gasteiger partial charge is 0.242 e. The van der Waals surface area contributed by atoms with Crippen molar-refractivity contribution in [3.63, 3.8) is 0 Å². The predicted octanol–water partition coefficient (Wildman–Crippen LogP) is 2.18. The van der Waals surface area contributed by atoms with Gasteiger partial charge < -0.3 is 5.11 Å². The van der Waals surface area contributed by atoms with Crippen molar-refractivity contribution in [3.8, 4) is 0 Å². The second-order valence-electron chi connectivity index (χ2n) is 3.74. The fraction of sp³-hybridized carbons (Fsp3) is 0.400. The van der Waals surface area contributed by atoms with Crippen LogP contribution in [0.5, 0.6) is 0 Å². The van der Waals surface area contributed by atoms with Gasteiger partial charge >= 0.3 is 0 Å². The van der Waals surface area contributed by atoms with Crippen molar-refractivity contribution in [2.45, 2.75) is 24.8 Å². The normalized spacial score (nSPS) is 13.7. The zero-order valence-corrected chi connectivity index (χ0v) is 13.4. The maximum absolute atomic E-state index is 12.0. The first-order valence-corrected chi connectivity index (χ1v) is 7.93. The molecule has 0 saturated carbocycles. The van der Waals surface area contributed by atoms with E-state index in [4.69, 9.17) is 5.11 Å². The number of halogens is 2. The first-order chi connectivity index (χ1) is 7.77. The lowest BCUT2D eigenvalue weighted by molar-refractivity contribution is 0.265. The number of benzene rings is 1. The molecule has 17 heavy (non-hydrogen) atoms. The molecule has 1 aromatic rings. The summed E-state index contributed by atoms with van der Waals surface area (Å²) >= 11 is 6.52. The molecule has 96 valence electrons. The Morgan fingerprint density at radius 2 is 1.94 bits per heavy atom. The highest BCUT2D eigenvalue weighted by Crippen LogP contribution is 2.28. The zero-order valence-electron chi connectivity index (χ0n) is 9.37. The van der Waals surface area contributed by atoms with Crippen molar-refractivity contribution in [1.29, 1.82) is 0 Å². The number of hydrogen-bond acceptors (Lipinski definition) is 3. The minimum atomic E-state index is -3.63. The highest BCUT2D eigenvalue weighted by Gasteiger charge is 2.20. The van der Waals surface area contributed by atoms with E-state index < -0.39 is 16.1 Å². The van der Waals surface area contributed by atoms with Crippen molar-refractivity contribution < 1.29 is 13.5 Å². The van der Waals surface area contributed by atoms with Crippen LogP contribution in [-0.4, -0.2) is 26.2 Å². The topological polar surface area (TPSA) is 66.4 Å². The van der Waals surface area contributed by atoms with E-state index in [1.165, 1.54) is 6.07 Å². The van der Waals surface area contributed by atoms with Crippen LogP contribution < -0.4 is 4.72 Å². The Morgan fingerprint density at radius 3 is 2.47 bits per heavy atom. The van der Waals surface area contributed by atoms with Gasteiger partial charge in [0.05, 0.1) is 11.5 Å². The Bertz CT molecular complexity index is 517. The lowest BCUT2D eigenvalue weighted by Crippen LogP contribution is -2.35. The van der Waals surface area contributed by atoms with Gasteiger partial charge in [0.25, 0.3) is 0 Å². The molecule has 0 unspecified atom stereocenters. The Hall–Kier alpha value is 0.0500. The van der Waals surface area contributed by atoms with Gasteiger partial charge in [-0.05, 0) is 47.5 Å². The lowest BCUT2D eigenvalue weighted by Gasteiger charge is -2.13. The molecule has 7 heteroatoms. The SMILES string of the molecule is Cc1cc(Br)c(S(=O)(=O)N[C@@H](C)CO)cc1Br. The molecule has 0 radical (unpaired) electrons. The van der Waals surface area contributed by atoms with E-state index in [-0.39, 0.29) is 11.5 Å². The monoisotopic (exact) mass is 385 g/mol. The Balaban J connectivity index is 3.20. The van der Waals surface area contributed by atoms with Crippen LogP contribution in [0, 0.1) is 6.92 Å². The van der Waals surface area contributed by atoms with Crippen LogP contribution in [0.1, 0.15) is 12.5 Å². The van der Waals surface area contributed by atoms with Crippen LogP contribution in [-0.2, 0) is 10.0 Å². The molecule has 2 N–H and O–H groups in total. The van der Waals surface area contributed by atoms with Crippen molar-refractivity contribution in [2.24, 2.45) is 0 Å². The Morgan fingerprint density at radius 1 is 1.35 bits per heavy atom. The van der Waals surface area contributed by atoms with E-state index in [2.05, 4.69) is 36.6 Å². The molecule has 0 bridgehead atoms. The van der Waals surface area contributed by atoms with Gasteiger partial charge in [-0.1, -0.05) is 15.9 Å². The molecule has 1 rings (SSSR count). The molecule has 1 atom stereocenters. The van der Waals surface area contributed by atoms with Gasteiger partial charge in [0.1, 0.15) is 0 Å². The van der Waals surface area contributed by atoms with E-state index in [1.807, 2.05) is 6.92 Å². The quantitative estimate of drug-likeness (QED) is 0.833. The molecule has 0 aliphatic carbocycles. The molecule has 1 aromatic carbocycles. The largest absolute Gasteiger partial charge is 0.395 e. The minimum absolute atomic E-state index is 0.148. The number of rotatable bonds is 4. The predicted molar refractivity (Wildman–Crippen MR) is 73.4 cm³/mol. The van der Waals surface area contributed by atoms with Crippen LogP contribution in [0.3, 0.4) is 0 Å². The summed E-state index contributed by atoms with van der Waals surface area (Å²) < 4.78 is 27.6. The molecule has 0 heterocycles. The number of aliphatic hydroxyl groups is 1. The highest BCUT2D eigenvalue weighted by atomic mass is 79.9. The molecular formula is C10H13Br2NO3S. The van der Waals surface area contributed by atoms with E-state index in [0.29, 0.717) is 4.47 Å². The van der Waals surface area contributed by atoms with E-state index in [1.54, 1.807) is 13.0 Å². The Kier molecular flexibility index (Phi) is 5.15. The summed E-state index contributed by atoms with van der Waals surface area (Å²) in [7, 11) is -3.63. The number of aliphatic hydroxyl groups excluding tert-OH is 1. The van der Waals surface area contributed by atoms with E-state index in [0.717, 1.165) is 10.0 Å². The fourth-order valence-electron chi connectivity index (χ4n) is 1.20. The second-order valence-corrected chi connectivity index (χ2v) is 7.13. The first kappa shape index (κ1) is 15.1. The van der Waals surface area contributed by atoms with Crippen molar-refractivity contribution in [3.05, 3.63) is 26.6 Å². The number of aryl methyl sites for hydroxylation is 1. The summed E-state index contributed by atoms with van der Waals surface area (Å²) in [5.74, 6) is 0. The summed E-state index contributed by atoms with van der Waals surface area (Å²) in [6.07, 6.45) is 0. The maximum Gasteiger partial charge on any atom is 0.242 e. The van der Waals surface area contributed by atoms with Crippen molar-refractivity contribution in [2.75, 3.05) is 6.61 Å². The average molecular weight is 387 g/mol. The second kappa shape index (κ2) is 5.79. The molecule has 0 aliphatic rings. The van der Waals surface area contributed by atoms with Crippen molar-refractivity contribution in [1.82, 2.24) is 4.72 Å². The van der Waals surface area contributed by atoms with Gasteiger partial charge in [0.15, 0.2) is 0 Å². The molecule has 0 aromatic heterocycles. The highest BCUT2D eigenvalue weighted by molar-refractivity contribution is 9.11. The number of sulfonamides is 1. The molecule has 0 aliphatic heterocycles. The van der Waals surface area contributed by atoms with Gasteiger partial charge in [0, 0.05) is 15.0 Å². The third-order valence-electron chi connectivity index (χ3n) is 2.13. The van der Waals surface area contributed by atoms with Crippen LogP contribution in [0.2, 0.25) is 0 Å². The molecule has 0 saturated heterocycles. The number of nitrogens with one attached hydrogen (secondary N) is 1. The van der Waals surface area contributed by atoms with Gasteiger partial charge in [-0.2, -0.15) is 0 Å². The molecule has 0 fully saturated rings. The molecule has 0 amide bonds. The molecule has 0 spiro atoms. The van der Waals surface area contributed by atoms with Gasteiger partial charge in [-0.3, -0.25) is 0 Å². The summed E-state index contributed by atoms with van der Waals surface area (Å²) in [6.45, 7) is 3.22. The van der Waals surface area contributed by atoms with E-state index in [9.17, 15) is 8.42 Å². The maximum atomic E-state index is 12.0. The zero-order chi connectivity index (χ0) is 13.2. The third-order valence-corrected chi connectivity index (χ3v) is 5.54. The summed E-state index contributed by atoms with van der Waals surface area (Å²) in [6, 6.07) is 2.74. The van der Waals surface area contributed by atoms with Crippen LogP contribution in [0.15, 0.2) is 26.0 Å². The minimum Gasteiger partial charge on any atom is -0.395 e. The van der Waals surface area contributed by atoms with Crippen LogP contribution >= 0.6 is 31.9 Å². The average Bonchev–Trinajstić information content (AvgIpc) is 2.22. The van der Waals surface area contributed by atoms with E-state index >= 15 is 0 Å². The molecule has 4 nitrogen and oxygen atoms in total. The first-order valence-electron chi connectivity index (χ1n) is 4.86. The van der Waals surface area contributed by atoms with Gasteiger partial charge in [0.2, 0.25) is 10.0 Å². The summed E-state index contributed by atoms with van der Waals surface area (Å²) in [4.78, 5) is 0.148. The van der Waals surface area contributed by atoms with Crippen LogP contribution in [0.4, 0.5) is 0 Å². The van der Waals surface area contributed by atoms with Crippen molar-refractivity contribution >= 4 is 41.9 Å².